The minimum absolute atomic E-state index is 0.0455. The number of nitrogens with two attached hydrogens (primary N) is 1. The zero-order valence-corrected chi connectivity index (χ0v) is 20.5. The lowest BCUT2D eigenvalue weighted by Crippen LogP contribution is -2.33. The molecule has 13 heteroatoms. The standard InChI is InChI=1S/C24H23FN4O3.C2HF3O2/c25-17-11-15-20-23(21(17)28-10-7-14(26)12-28)32-19-6-2-1-5-18(19)29(20)13-16(22(15)30)24(31)27-8-3-4-9-27;3-2(4,5)1(6)7/h1-2,5-6,11,13-14H,3-4,7-10,12,26H2;(H,6,7). The monoisotopic (exact) mass is 548 g/mol. The molecule has 2 saturated heterocycles. The molecule has 3 aromatic rings. The highest BCUT2D eigenvalue weighted by Crippen LogP contribution is 2.47. The molecule has 0 aliphatic carbocycles. The van der Waals surface area contributed by atoms with Crippen LogP contribution < -0.4 is 20.8 Å². The highest BCUT2D eigenvalue weighted by atomic mass is 19.4. The summed E-state index contributed by atoms with van der Waals surface area (Å²) in [6.45, 7) is 2.38. The van der Waals surface area contributed by atoms with Crippen molar-refractivity contribution < 1.29 is 37.0 Å². The number of pyridine rings is 1. The first-order valence-corrected chi connectivity index (χ1v) is 12.3. The first-order valence-electron chi connectivity index (χ1n) is 12.3. The summed E-state index contributed by atoms with van der Waals surface area (Å²) in [5, 5.41) is 7.27. The predicted molar refractivity (Wildman–Crippen MR) is 133 cm³/mol. The normalized spacial score (nSPS) is 17.9. The molecule has 2 fully saturated rings. The molecule has 206 valence electrons. The number of nitrogens with zero attached hydrogens (tertiary/aromatic N) is 3. The second-order valence-corrected chi connectivity index (χ2v) is 9.54. The van der Waals surface area contributed by atoms with E-state index in [1.807, 2.05) is 23.1 Å². The van der Waals surface area contributed by atoms with Gasteiger partial charge in [0.05, 0.1) is 11.1 Å². The maximum absolute atomic E-state index is 15.5. The van der Waals surface area contributed by atoms with E-state index < -0.39 is 23.4 Å². The molecule has 2 aromatic carbocycles. The molecule has 3 N–H and O–H groups in total. The van der Waals surface area contributed by atoms with Gasteiger partial charge in [-0.3, -0.25) is 9.59 Å². The Morgan fingerprint density at radius 2 is 1.77 bits per heavy atom. The van der Waals surface area contributed by atoms with Crippen LogP contribution in [0.3, 0.4) is 0 Å². The topological polar surface area (TPSA) is 118 Å². The molecule has 0 radical (unpaired) electrons. The fourth-order valence-electron chi connectivity index (χ4n) is 5.08. The van der Waals surface area contributed by atoms with Gasteiger partial charge in [0.2, 0.25) is 5.43 Å². The lowest BCUT2D eigenvalue weighted by atomic mass is 10.1. The number of para-hydroxylation sites is 2. The van der Waals surface area contributed by atoms with E-state index in [1.165, 1.54) is 6.07 Å². The summed E-state index contributed by atoms with van der Waals surface area (Å²) in [6.07, 6.45) is -0.897. The molecule has 3 aliphatic rings. The Hall–Kier alpha value is -4.13. The first kappa shape index (κ1) is 26.5. The van der Waals surface area contributed by atoms with Crippen LogP contribution in [-0.4, -0.2) is 64.8 Å². The molecule has 0 saturated carbocycles. The minimum atomic E-state index is -5.08. The molecular formula is C26H24F4N4O5. The van der Waals surface area contributed by atoms with Crippen LogP contribution in [0.5, 0.6) is 11.5 Å². The Morgan fingerprint density at radius 3 is 2.38 bits per heavy atom. The van der Waals surface area contributed by atoms with E-state index in [2.05, 4.69) is 0 Å². The van der Waals surface area contributed by atoms with Crippen molar-refractivity contribution in [3.63, 3.8) is 0 Å². The smallest absolute Gasteiger partial charge is 0.475 e. The van der Waals surface area contributed by atoms with E-state index in [1.54, 1.807) is 21.7 Å². The zero-order chi connectivity index (χ0) is 28.1. The maximum Gasteiger partial charge on any atom is 0.490 e. The summed E-state index contributed by atoms with van der Waals surface area (Å²) in [5.41, 5.74) is 7.15. The van der Waals surface area contributed by atoms with Crippen LogP contribution in [-0.2, 0) is 4.79 Å². The number of carboxylic acids is 1. The SMILES string of the molecule is NC1CCN(c2c(F)cc3c(=O)c(C(=O)N4CCCC4)cn4c3c2Oc2ccccc2-4)C1.O=C(O)C(F)(F)F. The second-order valence-electron chi connectivity index (χ2n) is 9.54. The number of alkyl halides is 3. The van der Waals surface area contributed by atoms with Crippen molar-refractivity contribution in [2.24, 2.45) is 5.73 Å². The highest BCUT2D eigenvalue weighted by molar-refractivity contribution is 6.01. The molecule has 9 nitrogen and oxygen atoms in total. The molecule has 6 rings (SSSR count). The number of fused-ring (bicyclic) bond motifs is 2. The fraction of sp³-hybridized carbons (Fsp3) is 0.346. The second kappa shape index (κ2) is 9.88. The lowest BCUT2D eigenvalue weighted by molar-refractivity contribution is -0.192. The molecule has 39 heavy (non-hydrogen) atoms. The van der Waals surface area contributed by atoms with Crippen molar-refractivity contribution in [2.75, 3.05) is 31.1 Å². The minimum Gasteiger partial charge on any atom is -0.475 e. The van der Waals surface area contributed by atoms with E-state index in [4.69, 9.17) is 20.4 Å². The Morgan fingerprint density at radius 1 is 1.10 bits per heavy atom. The Labute approximate surface area is 219 Å². The summed E-state index contributed by atoms with van der Waals surface area (Å²) in [6, 6.07) is 8.56. The molecule has 4 heterocycles. The molecule has 3 aliphatic heterocycles. The average Bonchev–Trinajstić information content (AvgIpc) is 3.57. The van der Waals surface area contributed by atoms with Crippen molar-refractivity contribution in [2.45, 2.75) is 31.5 Å². The van der Waals surface area contributed by atoms with Gasteiger partial charge < -0.3 is 29.9 Å². The van der Waals surface area contributed by atoms with Crippen LogP contribution in [0.15, 0.2) is 41.3 Å². The summed E-state index contributed by atoms with van der Waals surface area (Å²) < 4.78 is 55.2. The maximum atomic E-state index is 15.5. The molecule has 0 spiro atoms. The zero-order valence-electron chi connectivity index (χ0n) is 20.5. The van der Waals surface area contributed by atoms with E-state index in [0.29, 0.717) is 54.6 Å². The number of amides is 1. The van der Waals surface area contributed by atoms with Gasteiger partial charge in [0.15, 0.2) is 17.3 Å². The Balaban J connectivity index is 0.000000392. The summed E-state index contributed by atoms with van der Waals surface area (Å²) >= 11 is 0. The van der Waals surface area contributed by atoms with Crippen LogP contribution in [0.25, 0.3) is 16.6 Å². The van der Waals surface area contributed by atoms with Crippen molar-refractivity contribution >= 4 is 28.5 Å². The van der Waals surface area contributed by atoms with Gasteiger partial charge in [-0.05, 0) is 37.5 Å². The van der Waals surface area contributed by atoms with Gasteiger partial charge in [-0.2, -0.15) is 13.2 Å². The number of carbonyl (C=O) groups is 2. The number of rotatable bonds is 2. The number of anilines is 1. The van der Waals surface area contributed by atoms with E-state index >= 15 is 4.39 Å². The van der Waals surface area contributed by atoms with Crippen molar-refractivity contribution in [1.82, 2.24) is 9.47 Å². The van der Waals surface area contributed by atoms with E-state index in [-0.39, 0.29) is 22.9 Å². The quantitative estimate of drug-likeness (QED) is 0.367. The first-order chi connectivity index (χ1) is 18.5. The molecule has 1 atom stereocenters. The molecule has 1 unspecified atom stereocenters. The van der Waals surface area contributed by atoms with Gasteiger partial charge >= 0.3 is 12.1 Å². The Bertz CT molecular complexity index is 1530. The number of halogens is 4. The highest BCUT2D eigenvalue weighted by Gasteiger charge is 2.38. The van der Waals surface area contributed by atoms with Gasteiger partial charge in [0, 0.05) is 38.4 Å². The van der Waals surface area contributed by atoms with Crippen LogP contribution in [0.2, 0.25) is 0 Å². The summed E-state index contributed by atoms with van der Waals surface area (Å²) in [5.74, 6) is -2.77. The van der Waals surface area contributed by atoms with Crippen LogP contribution in [0, 0.1) is 5.82 Å². The number of hydrogen-bond acceptors (Lipinski definition) is 6. The predicted octanol–water partition coefficient (Wildman–Crippen LogP) is 3.64. The molecular weight excluding hydrogens is 524 g/mol. The number of ether oxygens (including phenoxy) is 1. The molecule has 1 aromatic heterocycles. The summed E-state index contributed by atoms with van der Waals surface area (Å²) in [4.78, 5) is 39.0. The molecule has 0 bridgehead atoms. The van der Waals surface area contributed by atoms with Crippen molar-refractivity contribution in [3.05, 3.63) is 58.1 Å². The van der Waals surface area contributed by atoms with E-state index in [0.717, 1.165) is 19.3 Å². The van der Waals surface area contributed by atoms with Gasteiger partial charge in [0.25, 0.3) is 5.91 Å². The number of aliphatic carboxylic acids is 1. The average molecular weight is 548 g/mol. The number of carboxylic acid groups (broad SMARTS) is 1. The summed E-state index contributed by atoms with van der Waals surface area (Å²) in [7, 11) is 0. The third kappa shape index (κ3) is 4.78. The third-order valence-electron chi connectivity index (χ3n) is 6.91. The third-order valence-corrected chi connectivity index (χ3v) is 6.91. The van der Waals surface area contributed by atoms with Crippen LogP contribution >= 0.6 is 0 Å². The number of benzene rings is 2. The number of carbonyl (C=O) groups excluding carboxylic acids is 1. The number of hydrogen-bond donors (Lipinski definition) is 2. The van der Waals surface area contributed by atoms with Crippen LogP contribution in [0.1, 0.15) is 29.6 Å². The van der Waals surface area contributed by atoms with Crippen LogP contribution in [0.4, 0.5) is 23.2 Å². The Kier molecular flexibility index (Phi) is 6.70. The number of likely N-dealkylation sites (tertiary alicyclic amines) is 1. The van der Waals surface area contributed by atoms with Gasteiger partial charge in [-0.15, -0.1) is 0 Å². The largest absolute Gasteiger partial charge is 0.490 e. The van der Waals surface area contributed by atoms with Gasteiger partial charge in [-0.25, -0.2) is 9.18 Å². The van der Waals surface area contributed by atoms with Crippen molar-refractivity contribution in [1.29, 1.82) is 0 Å². The van der Waals surface area contributed by atoms with Gasteiger partial charge in [0.1, 0.15) is 16.8 Å². The number of aromatic nitrogens is 1. The van der Waals surface area contributed by atoms with E-state index in [9.17, 15) is 22.8 Å². The van der Waals surface area contributed by atoms with Gasteiger partial charge in [-0.1, -0.05) is 12.1 Å². The van der Waals surface area contributed by atoms with Crippen molar-refractivity contribution in [3.8, 4) is 17.2 Å². The fourth-order valence-corrected chi connectivity index (χ4v) is 5.08. The molecule has 1 amide bonds. The lowest BCUT2D eigenvalue weighted by Gasteiger charge is -2.29.